The molecule has 0 saturated carbocycles. The van der Waals surface area contributed by atoms with E-state index in [0.717, 1.165) is 0 Å². The van der Waals surface area contributed by atoms with E-state index in [1.165, 1.54) is 6.20 Å². The van der Waals surface area contributed by atoms with E-state index < -0.39 is 5.60 Å². The molecule has 0 bridgehead atoms. The number of ether oxygens (including phenoxy) is 2. The first kappa shape index (κ1) is 16.0. The summed E-state index contributed by atoms with van der Waals surface area (Å²) in [6, 6.07) is 3.50. The van der Waals surface area contributed by atoms with Crippen molar-refractivity contribution in [3.05, 3.63) is 18.1 Å². The normalized spacial score (nSPS) is 16.0. The van der Waals surface area contributed by atoms with Gasteiger partial charge < -0.3 is 14.4 Å². The second-order valence-corrected chi connectivity index (χ2v) is 6.11. The van der Waals surface area contributed by atoms with Crippen LogP contribution in [0.2, 0.25) is 0 Å². The monoisotopic (exact) mass is 304 g/mol. The van der Waals surface area contributed by atoms with Crippen molar-refractivity contribution in [2.45, 2.75) is 45.3 Å². The van der Waals surface area contributed by atoms with Gasteiger partial charge >= 0.3 is 6.09 Å². The number of nitrogens with zero attached hydrogens (tertiary/aromatic N) is 4. The highest BCUT2D eigenvalue weighted by atomic mass is 16.6. The maximum atomic E-state index is 12.0. The Kier molecular flexibility index (Phi) is 4.81. The molecule has 2 heterocycles. The highest BCUT2D eigenvalue weighted by molar-refractivity contribution is 5.68. The third-order valence-corrected chi connectivity index (χ3v) is 3.11. The average molecular weight is 304 g/mol. The minimum absolute atomic E-state index is 0.0277. The molecule has 1 aromatic heterocycles. The van der Waals surface area contributed by atoms with Crippen LogP contribution in [0.25, 0.3) is 0 Å². The summed E-state index contributed by atoms with van der Waals surface area (Å²) >= 11 is 0. The van der Waals surface area contributed by atoms with Crippen LogP contribution in [0.4, 0.5) is 4.79 Å². The van der Waals surface area contributed by atoms with Crippen LogP contribution in [0.1, 0.15) is 39.4 Å². The number of hydrogen-bond acceptors (Lipinski definition) is 6. The number of amides is 1. The summed E-state index contributed by atoms with van der Waals surface area (Å²) in [5.41, 5.74) is -0.487. The van der Waals surface area contributed by atoms with Crippen molar-refractivity contribution >= 4 is 6.09 Å². The highest BCUT2D eigenvalue weighted by Crippen LogP contribution is 2.19. The topological polar surface area (TPSA) is 88.3 Å². The summed E-state index contributed by atoms with van der Waals surface area (Å²) in [5.74, 6) is 0.478. The third kappa shape index (κ3) is 4.58. The molecule has 0 aromatic carbocycles. The summed E-state index contributed by atoms with van der Waals surface area (Å²) in [5, 5.41) is 8.77. The van der Waals surface area contributed by atoms with Gasteiger partial charge in [0, 0.05) is 38.2 Å². The van der Waals surface area contributed by atoms with Crippen molar-refractivity contribution in [3.8, 4) is 11.9 Å². The van der Waals surface area contributed by atoms with Gasteiger partial charge in [0.1, 0.15) is 17.8 Å². The van der Waals surface area contributed by atoms with Gasteiger partial charge in [-0.15, -0.1) is 0 Å². The first-order valence-corrected chi connectivity index (χ1v) is 7.25. The number of rotatable bonds is 2. The average Bonchev–Trinajstić information content (AvgIpc) is 2.46. The van der Waals surface area contributed by atoms with E-state index in [-0.39, 0.29) is 18.0 Å². The molecule has 22 heavy (non-hydrogen) atoms. The van der Waals surface area contributed by atoms with Crippen molar-refractivity contribution in [1.82, 2.24) is 14.9 Å². The second kappa shape index (κ2) is 6.60. The van der Waals surface area contributed by atoms with Gasteiger partial charge in [-0.05, 0) is 20.8 Å². The zero-order valence-electron chi connectivity index (χ0n) is 13.1. The second-order valence-electron chi connectivity index (χ2n) is 6.11. The largest absolute Gasteiger partial charge is 0.474 e. The lowest BCUT2D eigenvalue weighted by Gasteiger charge is -2.33. The Bertz CT molecular complexity index is 569. The summed E-state index contributed by atoms with van der Waals surface area (Å²) in [4.78, 5) is 21.4. The number of hydrogen-bond donors (Lipinski definition) is 0. The molecular formula is C15H20N4O3. The molecule has 0 atom stereocenters. The van der Waals surface area contributed by atoms with Crippen LogP contribution in [0, 0.1) is 11.3 Å². The van der Waals surface area contributed by atoms with E-state index in [0.29, 0.717) is 31.8 Å². The minimum atomic E-state index is -0.487. The van der Waals surface area contributed by atoms with Gasteiger partial charge in [0.25, 0.3) is 0 Å². The molecule has 0 radical (unpaired) electrons. The quantitative estimate of drug-likeness (QED) is 0.831. The van der Waals surface area contributed by atoms with Crippen molar-refractivity contribution in [3.63, 3.8) is 0 Å². The molecule has 1 saturated heterocycles. The molecule has 7 heteroatoms. The number of aromatic nitrogens is 2. The molecule has 0 unspecified atom stereocenters. The maximum absolute atomic E-state index is 12.0. The van der Waals surface area contributed by atoms with Crippen LogP contribution in [0.15, 0.2) is 12.3 Å². The van der Waals surface area contributed by atoms with Crippen LogP contribution in [0.3, 0.4) is 0 Å². The third-order valence-electron chi connectivity index (χ3n) is 3.11. The van der Waals surface area contributed by atoms with E-state index in [4.69, 9.17) is 14.7 Å². The predicted molar refractivity (Wildman–Crippen MR) is 78.2 cm³/mol. The van der Waals surface area contributed by atoms with Crippen molar-refractivity contribution in [2.75, 3.05) is 13.1 Å². The Morgan fingerprint density at radius 2 is 2.09 bits per heavy atom. The minimum Gasteiger partial charge on any atom is -0.474 e. The van der Waals surface area contributed by atoms with Crippen LogP contribution in [-0.4, -0.2) is 45.8 Å². The number of likely N-dealkylation sites (tertiary alicyclic amines) is 1. The van der Waals surface area contributed by atoms with E-state index in [1.807, 2.05) is 26.8 Å². The summed E-state index contributed by atoms with van der Waals surface area (Å²) in [6.07, 6.45) is 2.58. The van der Waals surface area contributed by atoms with Gasteiger partial charge in [0.2, 0.25) is 11.7 Å². The Morgan fingerprint density at radius 1 is 1.41 bits per heavy atom. The van der Waals surface area contributed by atoms with Gasteiger partial charge in [0.05, 0.1) is 0 Å². The molecule has 1 aromatic rings. The van der Waals surface area contributed by atoms with Gasteiger partial charge in [-0.3, -0.25) is 0 Å². The van der Waals surface area contributed by atoms with Crippen LogP contribution in [0.5, 0.6) is 5.88 Å². The molecule has 2 rings (SSSR count). The summed E-state index contributed by atoms with van der Waals surface area (Å²) < 4.78 is 11.1. The smallest absolute Gasteiger partial charge is 0.410 e. The standard InChI is InChI=1S/C15H20N4O3/c1-15(2,3)22-14(20)19-8-5-11(6-9-19)21-13-4-7-17-12(10-16)18-13/h4,7,11H,5-6,8-9H2,1-3H3. The van der Waals surface area contributed by atoms with Crippen LogP contribution >= 0.6 is 0 Å². The molecule has 1 aliphatic rings. The Balaban J connectivity index is 1.84. The fourth-order valence-corrected chi connectivity index (χ4v) is 2.12. The van der Waals surface area contributed by atoms with E-state index >= 15 is 0 Å². The summed E-state index contributed by atoms with van der Waals surface area (Å²) in [6.45, 7) is 6.71. The first-order chi connectivity index (χ1) is 10.4. The van der Waals surface area contributed by atoms with Gasteiger partial charge in [-0.2, -0.15) is 10.2 Å². The van der Waals surface area contributed by atoms with Crippen molar-refractivity contribution in [2.24, 2.45) is 0 Å². The molecule has 118 valence electrons. The van der Waals surface area contributed by atoms with E-state index in [9.17, 15) is 4.79 Å². The number of piperidine rings is 1. The maximum Gasteiger partial charge on any atom is 0.410 e. The van der Waals surface area contributed by atoms with Crippen molar-refractivity contribution in [1.29, 1.82) is 5.26 Å². The fourth-order valence-electron chi connectivity index (χ4n) is 2.12. The zero-order valence-corrected chi connectivity index (χ0v) is 13.1. The number of carbonyl (C=O) groups excluding carboxylic acids is 1. The molecule has 1 fully saturated rings. The highest BCUT2D eigenvalue weighted by Gasteiger charge is 2.27. The Labute approximate surface area is 129 Å². The number of carbonyl (C=O) groups is 1. The zero-order chi connectivity index (χ0) is 16.2. The Morgan fingerprint density at radius 3 is 2.68 bits per heavy atom. The molecule has 0 spiro atoms. The molecule has 7 nitrogen and oxygen atoms in total. The van der Waals surface area contributed by atoms with Gasteiger partial charge in [-0.25, -0.2) is 9.78 Å². The lowest BCUT2D eigenvalue weighted by atomic mass is 10.1. The fraction of sp³-hybridized carbons (Fsp3) is 0.600. The SMILES string of the molecule is CC(C)(C)OC(=O)N1CCC(Oc2ccnc(C#N)n2)CC1. The molecule has 0 N–H and O–H groups in total. The van der Waals surface area contributed by atoms with Gasteiger partial charge in [-0.1, -0.05) is 0 Å². The van der Waals surface area contributed by atoms with Gasteiger partial charge in [0.15, 0.2) is 0 Å². The van der Waals surface area contributed by atoms with E-state index in [2.05, 4.69) is 9.97 Å². The van der Waals surface area contributed by atoms with Crippen LogP contribution < -0.4 is 4.74 Å². The molecule has 1 amide bonds. The predicted octanol–water partition coefficient (Wildman–Crippen LogP) is 2.13. The molecule has 0 aliphatic carbocycles. The van der Waals surface area contributed by atoms with Crippen LogP contribution in [-0.2, 0) is 4.74 Å². The lowest BCUT2D eigenvalue weighted by molar-refractivity contribution is 0.0123. The Hall–Kier alpha value is -2.36. The molecular weight excluding hydrogens is 284 g/mol. The number of nitriles is 1. The molecule has 1 aliphatic heterocycles. The summed E-state index contributed by atoms with van der Waals surface area (Å²) in [7, 11) is 0. The van der Waals surface area contributed by atoms with E-state index in [1.54, 1.807) is 11.0 Å². The van der Waals surface area contributed by atoms with Crippen molar-refractivity contribution < 1.29 is 14.3 Å². The lowest BCUT2D eigenvalue weighted by Crippen LogP contribution is -2.44. The first-order valence-electron chi connectivity index (χ1n) is 7.25.